The fourth-order valence-corrected chi connectivity index (χ4v) is 2.43. The number of benzene rings is 2. The molecule has 4 heteroatoms. The normalized spacial score (nSPS) is 10.6. The fraction of sp³-hybridized carbons (Fsp3) is 0.0667. The zero-order valence-electron chi connectivity index (χ0n) is 10.2. The number of nitrogens with zero attached hydrogens (tertiary/aromatic N) is 3. The summed E-state index contributed by atoms with van der Waals surface area (Å²) in [6.07, 6.45) is 1.97. The van der Waals surface area contributed by atoms with E-state index in [1.54, 1.807) is 0 Å². The summed E-state index contributed by atoms with van der Waals surface area (Å²) < 4.78 is 2.88. The number of hydrogen-bond donors (Lipinski definition) is 0. The van der Waals surface area contributed by atoms with Crippen molar-refractivity contribution in [3.63, 3.8) is 0 Å². The highest BCUT2D eigenvalue weighted by molar-refractivity contribution is 9.10. The summed E-state index contributed by atoms with van der Waals surface area (Å²) in [5.74, 6) is 0. The maximum absolute atomic E-state index is 4.23. The predicted molar refractivity (Wildman–Crippen MR) is 78.7 cm³/mol. The van der Waals surface area contributed by atoms with Crippen molar-refractivity contribution >= 4 is 15.9 Å². The first-order valence-corrected chi connectivity index (χ1v) is 6.81. The molecule has 94 valence electrons. The zero-order chi connectivity index (χ0) is 13.1. The molecule has 0 N–H and O–H groups in total. The highest BCUT2D eigenvalue weighted by atomic mass is 79.9. The van der Waals surface area contributed by atoms with E-state index in [9.17, 15) is 0 Å². The molecular weight excluding hydrogens is 302 g/mol. The van der Waals surface area contributed by atoms with E-state index in [-0.39, 0.29) is 0 Å². The van der Waals surface area contributed by atoms with Gasteiger partial charge in [-0.2, -0.15) is 0 Å². The van der Waals surface area contributed by atoms with E-state index in [1.807, 2.05) is 53.3 Å². The Hall–Kier alpha value is -1.94. The van der Waals surface area contributed by atoms with Crippen LogP contribution in [-0.2, 0) is 6.54 Å². The van der Waals surface area contributed by atoms with E-state index in [2.05, 4.69) is 38.4 Å². The van der Waals surface area contributed by atoms with Crippen LogP contribution in [-0.4, -0.2) is 15.0 Å². The Bertz CT molecular complexity index is 677. The number of hydrogen-bond acceptors (Lipinski definition) is 2. The molecule has 3 nitrogen and oxygen atoms in total. The number of rotatable bonds is 3. The average molecular weight is 314 g/mol. The van der Waals surface area contributed by atoms with Gasteiger partial charge < -0.3 is 0 Å². The predicted octanol–water partition coefficient (Wildman–Crippen LogP) is 3.76. The molecule has 0 saturated carbocycles. The molecule has 19 heavy (non-hydrogen) atoms. The monoisotopic (exact) mass is 313 g/mol. The Kier molecular flexibility index (Phi) is 3.42. The third-order valence-electron chi connectivity index (χ3n) is 2.88. The molecule has 0 fully saturated rings. The van der Waals surface area contributed by atoms with Gasteiger partial charge in [0.2, 0.25) is 0 Å². The summed E-state index contributed by atoms with van der Waals surface area (Å²) >= 11 is 3.53. The minimum Gasteiger partial charge on any atom is -0.247 e. The van der Waals surface area contributed by atoms with Crippen LogP contribution < -0.4 is 0 Å². The minimum atomic E-state index is 0.734. The molecule has 0 atom stereocenters. The van der Waals surface area contributed by atoms with Crippen LogP contribution in [0.5, 0.6) is 0 Å². The smallest absolute Gasteiger partial charge is 0.114 e. The third kappa shape index (κ3) is 2.74. The van der Waals surface area contributed by atoms with E-state index in [0.717, 1.165) is 22.3 Å². The highest BCUT2D eigenvalue weighted by Gasteiger charge is 2.07. The third-order valence-corrected chi connectivity index (χ3v) is 3.57. The second-order valence-corrected chi connectivity index (χ2v) is 5.12. The van der Waals surface area contributed by atoms with Crippen molar-refractivity contribution in [3.05, 3.63) is 70.8 Å². The molecule has 0 radical (unpaired) electrons. The molecule has 1 aromatic heterocycles. The first-order valence-electron chi connectivity index (χ1n) is 6.02. The van der Waals surface area contributed by atoms with Crippen LogP contribution >= 0.6 is 15.9 Å². The molecule has 0 aliphatic rings. The van der Waals surface area contributed by atoms with Gasteiger partial charge in [0, 0.05) is 10.0 Å². The lowest BCUT2D eigenvalue weighted by molar-refractivity contribution is 0.650. The van der Waals surface area contributed by atoms with Gasteiger partial charge in [-0.25, -0.2) is 4.68 Å². The van der Waals surface area contributed by atoms with Crippen LogP contribution in [0.4, 0.5) is 0 Å². The summed E-state index contributed by atoms with van der Waals surface area (Å²) in [5.41, 5.74) is 3.15. The van der Waals surface area contributed by atoms with Crippen molar-refractivity contribution in [2.75, 3.05) is 0 Å². The zero-order valence-corrected chi connectivity index (χ0v) is 11.8. The fourth-order valence-electron chi connectivity index (χ4n) is 1.94. The van der Waals surface area contributed by atoms with Crippen molar-refractivity contribution in [2.24, 2.45) is 0 Å². The van der Waals surface area contributed by atoms with Gasteiger partial charge in [0.05, 0.1) is 12.7 Å². The van der Waals surface area contributed by atoms with E-state index < -0.39 is 0 Å². The summed E-state index contributed by atoms with van der Waals surface area (Å²) in [7, 11) is 0. The molecule has 0 saturated heterocycles. The van der Waals surface area contributed by atoms with Crippen molar-refractivity contribution in [2.45, 2.75) is 6.54 Å². The highest BCUT2D eigenvalue weighted by Crippen LogP contribution is 2.25. The minimum absolute atomic E-state index is 0.734. The standard InChI is InChI=1S/C15H12BrN3/c16-14-9-5-4-8-13(14)15-11-19(18-17-15)10-12-6-2-1-3-7-12/h1-9,11H,10H2. The lowest BCUT2D eigenvalue weighted by Crippen LogP contribution is -1.99. The lowest BCUT2D eigenvalue weighted by atomic mass is 10.2. The van der Waals surface area contributed by atoms with Crippen LogP contribution in [0.15, 0.2) is 65.3 Å². The first-order chi connectivity index (χ1) is 9.33. The molecule has 0 amide bonds. The lowest BCUT2D eigenvalue weighted by Gasteiger charge is -2.00. The molecule has 3 rings (SSSR count). The molecule has 0 aliphatic carbocycles. The van der Waals surface area contributed by atoms with Gasteiger partial charge in [0.15, 0.2) is 0 Å². The molecule has 0 unspecified atom stereocenters. The molecular formula is C15H12BrN3. The summed E-state index contributed by atoms with van der Waals surface area (Å²) in [6, 6.07) is 18.3. The summed E-state index contributed by atoms with van der Waals surface area (Å²) in [6.45, 7) is 0.734. The van der Waals surface area contributed by atoms with Crippen LogP contribution in [0, 0.1) is 0 Å². The molecule has 2 aromatic carbocycles. The van der Waals surface area contributed by atoms with Gasteiger partial charge in [-0.15, -0.1) is 5.10 Å². The molecule has 0 bridgehead atoms. The van der Waals surface area contributed by atoms with Gasteiger partial charge in [-0.1, -0.05) is 69.7 Å². The van der Waals surface area contributed by atoms with Crippen LogP contribution in [0.3, 0.4) is 0 Å². The second kappa shape index (κ2) is 5.36. The van der Waals surface area contributed by atoms with E-state index in [0.29, 0.717) is 0 Å². The maximum atomic E-state index is 4.23. The number of halogens is 1. The Morgan fingerprint density at radius 2 is 1.68 bits per heavy atom. The van der Waals surface area contributed by atoms with Crippen molar-refractivity contribution in [1.29, 1.82) is 0 Å². The number of aromatic nitrogens is 3. The Morgan fingerprint density at radius 1 is 0.947 bits per heavy atom. The van der Waals surface area contributed by atoms with E-state index in [4.69, 9.17) is 0 Å². The van der Waals surface area contributed by atoms with Crippen LogP contribution in [0.2, 0.25) is 0 Å². The van der Waals surface area contributed by atoms with Gasteiger partial charge in [-0.05, 0) is 11.6 Å². The molecule has 1 heterocycles. The summed E-state index contributed by atoms with van der Waals surface area (Å²) in [5, 5.41) is 8.40. The van der Waals surface area contributed by atoms with Crippen molar-refractivity contribution in [1.82, 2.24) is 15.0 Å². The van der Waals surface area contributed by atoms with Crippen LogP contribution in [0.1, 0.15) is 5.56 Å². The topological polar surface area (TPSA) is 30.7 Å². The second-order valence-electron chi connectivity index (χ2n) is 4.27. The maximum Gasteiger partial charge on any atom is 0.114 e. The Balaban J connectivity index is 1.86. The molecule has 3 aromatic rings. The van der Waals surface area contributed by atoms with Crippen molar-refractivity contribution < 1.29 is 0 Å². The first kappa shape index (κ1) is 12.1. The van der Waals surface area contributed by atoms with Crippen molar-refractivity contribution in [3.8, 4) is 11.3 Å². The van der Waals surface area contributed by atoms with Gasteiger partial charge in [0.25, 0.3) is 0 Å². The molecule has 0 aliphatic heterocycles. The van der Waals surface area contributed by atoms with Gasteiger partial charge in [-0.3, -0.25) is 0 Å². The average Bonchev–Trinajstić information content (AvgIpc) is 2.89. The quantitative estimate of drug-likeness (QED) is 0.737. The largest absolute Gasteiger partial charge is 0.247 e. The van der Waals surface area contributed by atoms with Gasteiger partial charge >= 0.3 is 0 Å². The Morgan fingerprint density at radius 3 is 2.47 bits per heavy atom. The molecule has 0 spiro atoms. The summed E-state index contributed by atoms with van der Waals surface area (Å²) in [4.78, 5) is 0. The SMILES string of the molecule is Brc1ccccc1-c1cn(Cc2ccccc2)nn1. The van der Waals surface area contributed by atoms with E-state index in [1.165, 1.54) is 5.56 Å². The van der Waals surface area contributed by atoms with E-state index >= 15 is 0 Å². The van der Waals surface area contributed by atoms with Crippen LogP contribution in [0.25, 0.3) is 11.3 Å². The Labute approximate surface area is 120 Å². The van der Waals surface area contributed by atoms with Gasteiger partial charge in [0.1, 0.15) is 5.69 Å².